The van der Waals surface area contributed by atoms with Crippen LogP contribution in [0.25, 0.3) is 0 Å². The van der Waals surface area contributed by atoms with E-state index in [1.165, 1.54) is 4.31 Å². The van der Waals surface area contributed by atoms with Crippen molar-refractivity contribution < 1.29 is 13.2 Å². The van der Waals surface area contributed by atoms with Crippen molar-refractivity contribution in [3.8, 4) is 0 Å². The van der Waals surface area contributed by atoms with Gasteiger partial charge in [-0.05, 0) is 56.0 Å². The Morgan fingerprint density at radius 2 is 1.78 bits per heavy atom. The summed E-state index contributed by atoms with van der Waals surface area (Å²) in [4.78, 5) is 14.6. The maximum Gasteiger partial charge on any atom is 0.274 e. The predicted octanol–water partition coefficient (Wildman–Crippen LogP) is 2.05. The lowest BCUT2D eigenvalue weighted by Gasteiger charge is -2.33. The van der Waals surface area contributed by atoms with E-state index in [2.05, 4.69) is 10.2 Å². The largest absolute Gasteiger partial charge is 0.335 e. The molecule has 1 N–H and O–H groups in total. The maximum atomic E-state index is 12.9. The minimum atomic E-state index is -3.54. The molecule has 1 aliphatic carbocycles. The molecule has 27 heavy (non-hydrogen) atoms. The van der Waals surface area contributed by atoms with E-state index < -0.39 is 10.0 Å². The van der Waals surface area contributed by atoms with E-state index in [4.69, 9.17) is 0 Å². The number of rotatable bonds is 4. The van der Waals surface area contributed by atoms with Gasteiger partial charge in [-0.3, -0.25) is 9.89 Å². The fourth-order valence-corrected chi connectivity index (χ4v) is 4.87. The molecule has 2 aromatic rings. The highest BCUT2D eigenvalue weighted by Gasteiger charge is 2.32. The lowest BCUT2D eigenvalue weighted by Crippen LogP contribution is -2.50. The van der Waals surface area contributed by atoms with Crippen molar-refractivity contribution in [3.05, 3.63) is 46.8 Å². The second kappa shape index (κ2) is 6.76. The standard InChI is InChI=1S/C19H24N4O3S/c1-13-3-6-16(11-14(13)2)27(25,26)23-9-7-22(8-10-23)19(24)18-12-17(20-21-18)15-4-5-15/h3,6,11-12,15H,4-5,7-10H2,1-2H3,(H,20,21). The van der Waals surface area contributed by atoms with Crippen LogP contribution in [0.4, 0.5) is 0 Å². The van der Waals surface area contributed by atoms with Crippen LogP contribution in [0.15, 0.2) is 29.2 Å². The minimum Gasteiger partial charge on any atom is -0.335 e. The van der Waals surface area contributed by atoms with Crippen LogP contribution in [0.2, 0.25) is 0 Å². The number of carbonyl (C=O) groups excluding carboxylic acids is 1. The second-order valence-electron chi connectivity index (χ2n) is 7.43. The number of hydrogen-bond acceptors (Lipinski definition) is 4. The summed E-state index contributed by atoms with van der Waals surface area (Å²) >= 11 is 0. The van der Waals surface area contributed by atoms with Gasteiger partial charge in [-0.25, -0.2) is 8.42 Å². The van der Waals surface area contributed by atoms with Crippen molar-refractivity contribution >= 4 is 15.9 Å². The molecule has 0 atom stereocenters. The molecule has 0 radical (unpaired) electrons. The summed E-state index contributed by atoms with van der Waals surface area (Å²) in [6.45, 7) is 5.19. The molecule has 4 rings (SSSR count). The number of nitrogens with zero attached hydrogens (tertiary/aromatic N) is 3. The topological polar surface area (TPSA) is 86.4 Å². The van der Waals surface area contributed by atoms with E-state index in [-0.39, 0.29) is 5.91 Å². The summed E-state index contributed by atoms with van der Waals surface area (Å²) < 4.78 is 27.2. The molecular weight excluding hydrogens is 364 g/mol. The number of aromatic amines is 1. The van der Waals surface area contributed by atoms with Gasteiger partial charge < -0.3 is 4.90 Å². The third-order valence-electron chi connectivity index (χ3n) is 5.48. The van der Waals surface area contributed by atoms with Crippen molar-refractivity contribution in [3.63, 3.8) is 0 Å². The molecule has 2 heterocycles. The lowest BCUT2D eigenvalue weighted by atomic mass is 10.1. The van der Waals surface area contributed by atoms with Gasteiger partial charge in [0.2, 0.25) is 10.0 Å². The molecule has 1 aliphatic heterocycles. The van der Waals surface area contributed by atoms with Gasteiger partial charge in [0.15, 0.2) is 0 Å². The Bertz CT molecular complexity index is 971. The highest BCUT2D eigenvalue weighted by molar-refractivity contribution is 7.89. The number of benzene rings is 1. The first-order valence-corrected chi connectivity index (χ1v) is 10.7. The fraction of sp³-hybridized carbons (Fsp3) is 0.474. The Morgan fingerprint density at radius 3 is 2.41 bits per heavy atom. The van der Waals surface area contributed by atoms with Gasteiger partial charge in [0.05, 0.1) is 4.90 Å². The zero-order valence-corrected chi connectivity index (χ0v) is 16.4. The van der Waals surface area contributed by atoms with E-state index in [0.717, 1.165) is 29.7 Å². The van der Waals surface area contributed by atoms with E-state index in [1.807, 2.05) is 26.0 Å². The number of aryl methyl sites for hydroxylation is 2. The van der Waals surface area contributed by atoms with Crippen molar-refractivity contribution in [1.82, 2.24) is 19.4 Å². The molecule has 1 aromatic carbocycles. The van der Waals surface area contributed by atoms with Crippen LogP contribution in [-0.2, 0) is 10.0 Å². The highest BCUT2D eigenvalue weighted by Crippen LogP contribution is 2.39. The normalized spacial score (nSPS) is 18.7. The van der Waals surface area contributed by atoms with Crippen LogP contribution in [0.1, 0.15) is 46.1 Å². The predicted molar refractivity (Wildman–Crippen MR) is 101 cm³/mol. The Morgan fingerprint density at radius 1 is 1.07 bits per heavy atom. The second-order valence-corrected chi connectivity index (χ2v) is 9.36. The van der Waals surface area contributed by atoms with E-state index in [0.29, 0.717) is 42.7 Å². The van der Waals surface area contributed by atoms with Gasteiger partial charge >= 0.3 is 0 Å². The average Bonchev–Trinajstić information content (AvgIpc) is 3.40. The van der Waals surface area contributed by atoms with Gasteiger partial charge in [-0.15, -0.1) is 0 Å². The van der Waals surface area contributed by atoms with E-state index in [9.17, 15) is 13.2 Å². The van der Waals surface area contributed by atoms with Crippen molar-refractivity contribution in [1.29, 1.82) is 0 Å². The Hall–Kier alpha value is -2.19. The molecule has 0 unspecified atom stereocenters. The molecule has 1 amide bonds. The van der Waals surface area contributed by atoms with Crippen LogP contribution >= 0.6 is 0 Å². The first-order valence-electron chi connectivity index (χ1n) is 9.28. The van der Waals surface area contributed by atoms with E-state index >= 15 is 0 Å². The summed E-state index contributed by atoms with van der Waals surface area (Å²) in [6, 6.07) is 7.03. The number of nitrogens with one attached hydrogen (secondary N) is 1. The summed E-state index contributed by atoms with van der Waals surface area (Å²) in [7, 11) is -3.54. The van der Waals surface area contributed by atoms with E-state index in [1.54, 1.807) is 17.0 Å². The number of H-pyrrole nitrogens is 1. The SMILES string of the molecule is Cc1ccc(S(=O)(=O)N2CCN(C(=O)c3cc(C4CC4)[nH]n3)CC2)cc1C. The number of sulfonamides is 1. The molecule has 1 saturated carbocycles. The Kier molecular flexibility index (Phi) is 4.55. The lowest BCUT2D eigenvalue weighted by molar-refractivity contribution is 0.0692. The van der Waals surface area contributed by atoms with Crippen LogP contribution < -0.4 is 0 Å². The number of aromatic nitrogens is 2. The first kappa shape index (κ1) is 18.2. The van der Waals surface area contributed by atoms with Crippen LogP contribution in [-0.4, -0.2) is 59.9 Å². The molecule has 0 spiro atoms. The zero-order valence-electron chi connectivity index (χ0n) is 15.6. The van der Waals surface area contributed by atoms with Crippen LogP contribution in [0.5, 0.6) is 0 Å². The van der Waals surface area contributed by atoms with Gasteiger partial charge in [0, 0.05) is 37.8 Å². The zero-order chi connectivity index (χ0) is 19.2. The third-order valence-corrected chi connectivity index (χ3v) is 7.37. The summed E-state index contributed by atoms with van der Waals surface area (Å²) in [5.41, 5.74) is 3.46. The van der Waals surface area contributed by atoms with Gasteiger partial charge in [0.25, 0.3) is 5.91 Å². The molecule has 2 aliphatic rings. The molecule has 1 saturated heterocycles. The first-order chi connectivity index (χ1) is 12.9. The molecular formula is C19H24N4O3S. The van der Waals surface area contributed by atoms with Gasteiger partial charge in [0.1, 0.15) is 5.69 Å². The van der Waals surface area contributed by atoms with Crippen LogP contribution in [0, 0.1) is 13.8 Å². The molecule has 0 bridgehead atoms. The monoisotopic (exact) mass is 388 g/mol. The number of carbonyl (C=O) groups is 1. The van der Waals surface area contributed by atoms with Crippen molar-refractivity contribution in [2.75, 3.05) is 26.2 Å². The molecule has 8 heteroatoms. The molecule has 2 fully saturated rings. The average molecular weight is 388 g/mol. The summed E-state index contributed by atoms with van der Waals surface area (Å²) in [5.74, 6) is 0.375. The number of piperazine rings is 1. The molecule has 144 valence electrons. The van der Waals surface area contributed by atoms with Crippen molar-refractivity contribution in [2.45, 2.75) is 37.5 Å². The highest BCUT2D eigenvalue weighted by atomic mass is 32.2. The maximum absolute atomic E-state index is 12.9. The summed E-state index contributed by atoms with van der Waals surface area (Å²) in [5, 5.41) is 7.09. The van der Waals surface area contributed by atoms with Crippen LogP contribution in [0.3, 0.4) is 0 Å². The smallest absolute Gasteiger partial charge is 0.274 e. The number of amides is 1. The van der Waals surface area contributed by atoms with Gasteiger partial charge in [-0.1, -0.05) is 6.07 Å². The van der Waals surface area contributed by atoms with Gasteiger partial charge in [-0.2, -0.15) is 9.40 Å². The third kappa shape index (κ3) is 3.51. The number of hydrogen-bond donors (Lipinski definition) is 1. The van der Waals surface area contributed by atoms with Crippen molar-refractivity contribution in [2.24, 2.45) is 0 Å². The minimum absolute atomic E-state index is 0.138. The molecule has 1 aromatic heterocycles. The Balaban J connectivity index is 1.43. The summed E-state index contributed by atoms with van der Waals surface area (Å²) in [6.07, 6.45) is 2.29. The quantitative estimate of drug-likeness (QED) is 0.869. The fourth-order valence-electron chi connectivity index (χ4n) is 3.37. The Labute approximate surface area is 159 Å². The molecule has 7 nitrogen and oxygen atoms in total.